The maximum Gasteiger partial charge on any atom is 0.127 e. The highest BCUT2D eigenvalue weighted by Gasteiger charge is 2.27. The molecule has 1 saturated heterocycles. The average molecular weight is 292 g/mol. The van der Waals surface area contributed by atoms with Gasteiger partial charge in [-0.3, -0.25) is 4.99 Å². The Labute approximate surface area is 123 Å². The zero-order valence-electron chi connectivity index (χ0n) is 11.9. The van der Waals surface area contributed by atoms with Crippen LogP contribution in [0.5, 0.6) is 5.75 Å². The van der Waals surface area contributed by atoms with Crippen molar-refractivity contribution in [2.24, 2.45) is 4.99 Å². The van der Waals surface area contributed by atoms with Crippen LogP contribution in [0.1, 0.15) is 19.4 Å². The van der Waals surface area contributed by atoms with Crippen molar-refractivity contribution >= 4 is 22.5 Å². The summed E-state index contributed by atoms with van der Waals surface area (Å²) in [5.41, 5.74) is 1.87. The predicted octanol–water partition coefficient (Wildman–Crippen LogP) is 2.50. The maximum absolute atomic E-state index is 10.3. The van der Waals surface area contributed by atoms with Gasteiger partial charge in [0, 0.05) is 36.2 Å². The second-order valence-electron chi connectivity index (χ2n) is 5.82. The van der Waals surface area contributed by atoms with Crippen LogP contribution in [0.15, 0.2) is 23.2 Å². The molecular formula is C15H20N2O2S. The van der Waals surface area contributed by atoms with Gasteiger partial charge in [-0.2, -0.15) is 0 Å². The molecule has 108 valence electrons. The van der Waals surface area contributed by atoms with Gasteiger partial charge in [0.05, 0.1) is 18.8 Å². The van der Waals surface area contributed by atoms with Crippen molar-refractivity contribution in [1.29, 1.82) is 0 Å². The van der Waals surface area contributed by atoms with Crippen molar-refractivity contribution in [2.45, 2.75) is 19.4 Å². The van der Waals surface area contributed by atoms with Crippen LogP contribution in [0, 0.1) is 0 Å². The van der Waals surface area contributed by atoms with Gasteiger partial charge in [-0.05, 0) is 26.0 Å². The number of rotatable bonds is 2. The number of phenolic OH excluding ortho intramolecular Hbond substituents is 1. The highest BCUT2D eigenvalue weighted by Crippen LogP contribution is 2.35. The van der Waals surface area contributed by atoms with Gasteiger partial charge in [-0.25, -0.2) is 0 Å². The summed E-state index contributed by atoms with van der Waals surface area (Å²) < 4.78 is 5.35. The molecule has 0 aromatic heterocycles. The minimum Gasteiger partial charge on any atom is -0.507 e. The molecule has 0 spiro atoms. The Morgan fingerprint density at radius 3 is 2.65 bits per heavy atom. The number of aromatic hydroxyl groups is 1. The molecule has 0 unspecified atom stereocenters. The quantitative estimate of drug-likeness (QED) is 0.909. The zero-order chi connectivity index (χ0) is 14.2. The van der Waals surface area contributed by atoms with Crippen molar-refractivity contribution in [3.63, 3.8) is 0 Å². The van der Waals surface area contributed by atoms with Crippen LogP contribution in [-0.4, -0.2) is 47.7 Å². The Morgan fingerprint density at radius 2 is 2.05 bits per heavy atom. The summed E-state index contributed by atoms with van der Waals surface area (Å²) in [5, 5.41) is 11.2. The Kier molecular flexibility index (Phi) is 3.65. The van der Waals surface area contributed by atoms with E-state index < -0.39 is 0 Å². The molecule has 2 aliphatic rings. The molecule has 0 atom stereocenters. The molecule has 5 heteroatoms. The first-order chi connectivity index (χ1) is 9.55. The van der Waals surface area contributed by atoms with E-state index in [9.17, 15) is 5.11 Å². The van der Waals surface area contributed by atoms with Crippen molar-refractivity contribution in [1.82, 2.24) is 0 Å². The third-order valence-corrected chi connectivity index (χ3v) is 4.99. The number of ether oxygens (including phenoxy) is 1. The van der Waals surface area contributed by atoms with Crippen LogP contribution in [0.3, 0.4) is 0 Å². The monoisotopic (exact) mass is 292 g/mol. The molecular weight excluding hydrogens is 272 g/mol. The van der Waals surface area contributed by atoms with E-state index in [1.807, 2.05) is 12.1 Å². The predicted molar refractivity (Wildman–Crippen MR) is 84.2 cm³/mol. The first kappa shape index (κ1) is 13.8. The number of thioether (sulfide) groups is 1. The zero-order valence-corrected chi connectivity index (χ0v) is 12.7. The fourth-order valence-electron chi connectivity index (χ4n) is 2.44. The van der Waals surface area contributed by atoms with E-state index in [0.29, 0.717) is 5.75 Å². The van der Waals surface area contributed by atoms with Crippen LogP contribution >= 0.6 is 11.8 Å². The van der Waals surface area contributed by atoms with Gasteiger partial charge in [0.1, 0.15) is 10.8 Å². The van der Waals surface area contributed by atoms with E-state index in [1.54, 1.807) is 11.8 Å². The number of hydrogen-bond acceptors (Lipinski definition) is 5. The Balaban J connectivity index is 1.84. The van der Waals surface area contributed by atoms with Gasteiger partial charge < -0.3 is 14.7 Å². The normalized spacial score (nSPS) is 21.9. The van der Waals surface area contributed by atoms with Crippen molar-refractivity contribution in [3.05, 3.63) is 23.8 Å². The molecule has 3 rings (SSSR count). The molecule has 0 bridgehead atoms. The van der Waals surface area contributed by atoms with E-state index in [-0.39, 0.29) is 5.54 Å². The molecule has 1 N–H and O–H groups in total. The number of morpholine rings is 1. The van der Waals surface area contributed by atoms with Crippen molar-refractivity contribution in [2.75, 3.05) is 37.0 Å². The Hall–Kier alpha value is -1.20. The molecule has 20 heavy (non-hydrogen) atoms. The summed E-state index contributed by atoms with van der Waals surface area (Å²) in [7, 11) is 0. The van der Waals surface area contributed by atoms with Crippen LogP contribution in [-0.2, 0) is 4.74 Å². The first-order valence-corrected chi connectivity index (χ1v) is 7.92. The number of nitrogens with zero attached hydrogens (tertiary/aromatic N) is 2. The summed E-state index contributed by atoms with van der Waals surface area (Å²) >= 11 is 1.71. The van der Waals surface area contributed by atoms with Gasteiger partial charge in [0.15, 0.2) is 0 Å². The third-order valence-electron chi connectivity index (χ3n) is 3.55. The summed E-state index contributed by atoms with van der Waals surface area (Å²) in [6.45, 7) is 7.49. The summed E-state index contributed by atoms with van der Waals surface area (Å²) in [5.74, 6) is 1.28. The van der Waals surface area contributed by atoms with Crippen molar-refractivity contribution in [3.8, 4) is 5.75 Å². The second kappa shape index (κ2) is 5.30. The number of phenols is 1. The van der Waals surface area contributed by atoms with Gasteiger partial charge in [-0.1, -0.05) is 0 Å². The molecule has 0 radical (unpaired) electrons. The molecule has 2 aliphatic heterocycles. The van der Waals surface area contributed by atoms with Crippen LogP contribution in [0.2, 0.25) is 0 Å². The Morgan fingerprint density at radius 1 is 1.30 bits per heavy atom. The van der Waals surface area contributed by atoms with E-state index in [2.05, 4.69) is 29.8 Å². The molecule has 0 saturated carbocycles. The number of aliphatic imine (C=N–C) groups is 1. The lowest BCUT2D eigenvalue weighted by atomic mass is 10.1. The van der Waals surface area contributed by atoms with Gasteiger partial charge >= 0.3 is 0 Å². The number of anilines is 1. The summed E-state index contributed by atoms with van der Waals surface area (Å²) in [6.07, 6.45) is 0. The van der Waals surface area contributed by atoms with E-state index in [0.717, 1.165) is 48.4 Å². The third kappa shape index (κ3) is 2.79. The molecule has 1 fully saturated rings. The molecule has 0 amide bonds. The Bertz CT molecular complexity index is 537. The molecule has 0 aliphatic carbocycles. The lowest BCUT2D eigenvalue weighted by molar-refractivity contribution is 0.122. The molecule has 4 nitrogen and oxygen atoms in total. The lowest BCUT2D eigenvalue weighted by Gasteiger charge is -2.29. The fraction of sp³-hybridized carbons (Fsp3) is 0.533. The molecule has 1 aromatic carbocycles. The van der Waals surface area contributed by atoms with E-state index >= 15 is 0 Å². The lowest BCUT2D eigenvalue weighted by Crippen LogP contribution is -2.36. The SMILES string of the molecule is CC1(C)CSC(c2ccc(N3CCOCC3)cc2O)=N1. The number of hydrogen-bond donors (Lipinski definition) is 1. The summed E-state index contributed by atoms with van der Waals surface area (Å²) in [6, 6.07) is 5.89. The second-order valence-corrected chi connectivity index (χ2v) is 6.78. The van der Waals surface area contributed by atoms with Gasteiger partial charge in [-0.15, -0.1) is 11.8 Å². The standard InChI is InChI=1S/C15H20N2O2S/c1-15(2)10-20-14(16-15)12-4-3-11(9-13(12)18)17-5-7-19-8-6-17/h3-4,9,18H,5-8,10H2,1-2H3. The molecule has 1 aromatic rings. The van der Waals surface area contributed by atoms with Gasteiger partial charge in [0.25, 0.3) is 0 Å². The minimum atomic E-state index is -0.0324. The van der Waals surface area contributed by atoms with Crippen LogP contribution in [0.4, 0.5) is 5.69 Å². The maximum atomic E-state index is 10.3. The van der Waals surface area contributed by atoms with E-state index in [1.165, 1.54) is 0 Å². The van der Waals surface area contributed by atoms with Crippen molar-refractivity contribution < 1.29 is 9.84 Å². The largest absolute Gasteiger partial charge is 0.507 e. The van der Waals surface area contributed by atoms with Crippen LogP contribution in [0.25, 0.3) is 0 Å². The number of benzene rings is 1. The fourth-order valence-corrected chi connectivity index (χ4v) is 3.64. The average Bonchev–Trinajstić information content (AvgIpc) is 2.80. The highest BCUT2D eigenvalue weighted by molar-refractivity contribution is 8.14. The summed E-state index contributed by atoms with van der Waals surface area (Å²) in [4.78, 5) is 6.92. The smallest absolute Gasteiger partial charge is 0.127 e. The molecule has 2 heterocycles. The topological polar surface area (TPSA) is 45.1 Å². The van der Waals surface area contributed by atoms with E-state index in [4.69, 9.17) is 4.74 Å². The minimum absolute atomic E-state index is 0.0324. The first-order valence-electron chi connectivity index (χ1n) is 6.94. The van der Waals surface area contributed by atoms with Gasteiger partial charge in [0.2, 0.25) is 0 Å². The highest BCUT2D eigenvalue weighted by atomic mass is 32.2. The van der Waals surface area contributed by atoms with Crippen LogP contribution < -0.4 is 4.90 Å².